The molecular formula is C19H16N2O3. The third-order valence-electron chi connectivity index (χ3n) is 3.10. The van der Waals surface area contributed by atoms with Gasteiger partial charge in [-0.1, -0.05) is 24.3 Å². The summed E-state index contributed by atoms with van der Waals surface area (Å²) in [6.07, 6.45) is 2.79. The van der Waals surface area contributed by atoms with E-state index in [0.717, 1.165) is 11.1 Å². The van der Waals surface area contributed by atoms with Crippen LogP contribution >= 0.6 is 0 Å². The molecule has 2 aromatic carbocycles. The highest BCUT2D eigenvalue weighted by Gasteiger charge is 2.05. The topological polar surface area (TPSA) is 79.2 Å². The maximum atomic E-state index is 11.7. The highest BCUT2D eigenvalue weighted by Crippen LogP contribution is 2.09. The van der Waals surface area contributed by atoms with Gasteiger partial charge in [0.05, 0.1) is 11.6 Å². The molecule has 120 valence electrons. The standard InChI is InChI=1S/C19H16N2O3/c1-14-3-2-4-17(11-14)21-18(22)13-24-19(23)10-9-15-5-7-16(12-20)8-6-15/h2-11H,13H2,1H3,(H,21,22)/b10-9+. The van der Waals surface area contributed by atoms with Gasteiger partial charge in [0.2, 0.25) is 0 Å². The fourth-order valence-electron chi connectivity index (χ4n) is 1.94. The molecule has 0 heterocycles. The summed E-state index contributed by atoms with van der Waals surface area (Å²) >= 11 is 0. The highest BCUT2D eigenvalue weighted by atomic mass is 16.5. The first-order chi connectivity index (χ1) is 11.6. The number of hydrogen-bond acceptors (Lipinski definition) is 4. The minimum Gasteiger partial charge on any atom is -0.452 e. The Hall–Kier alpha value is -3.39. The first-order valence-electron chi connectivity index (χ1n) is 7.28. The summed E-state index contributed by atoms with van der Waals surface area (Å²) in [6.45, 7) is 1.56. The van der Waals surface area contributed by atoms with Crippen molar-refractivity contribution in [3.63, 3.8) is 0 Å². The number of benzene rings is 2. The minimum atomic E-state index is -0.612. The molecule has 5 nitrogen and oxygen atoms in total. The number of nitrogens with zero attached hydrogens (tertiary/aromatic N) is 1. The number of anilines is 1. The highest BCUT2D eigenvalue weighted by molar-refractivity contribution is 5.94. The second kappa shape index (κ2) is 8.30. The Morgan fingerprint density at radius 2 is 1.96 bits per heavy atom. The number of aryl methyl sites for hydroxylation is 1. The predicted octanol–water partition coefficient (Wildman–Crippen LogP) is 3.06. The average molecular weight is 320 g/mol. The number of rotatable bonds is 5. The van der Waals surface area contributed by atoms with E-state index in [-0.39, 0.29) is 6.61 Å². The van der Waals surface area contributed by atoms with Crippen molar-refractivity contribution in [3.05, 3.63) is 71.3 Å². The molecular weight excluding hydrogens is 304 g/mol. The van der Waals surface area contributed by atoms with Crippen LogP contribution in [0.25, 0.3) is 6.08 Å². The van der Waals surface area contributed by atoms with E-state index in [1.807, 2.05) is 31.2 Å². The van der Waals surface area contributed by atoms with Crippen molar-refractivity contribution in [1.29, 1.82) is 5.26 Å². The van der Waals surface area contributed by atoms with Crippen molar-refractivity contribution in [2.75, 3.05) is 11.9 Å². The van der Waals surface area contributed by atoms with Crippen LogP contribution in [0.3, 0.4) is 0 Å². The quantitative estimate of drug-likeness (QED) is 0.678. The van der Waals surface area contributed by atoms with E-state index in [4.69, 9.17) is 10.00 Å². The van der Waals surface area contributed by atoms with Crippen LogP contribution in [0.5, 0.6) is 0 Å². The van der Waals surface area contributed by atoms with Crippen LogP contribution < -0.4 is 5.32 Å². The largest absolute Gasteiger partial charge is 0.452 e. The number of hydrogen-bond donors (Lipinski definition) is 1. The Kier molecular flexibility index (Phi) is 5.87. The minimum absolute atomic E-state index is 0.357. The fraction of sp³-hybridized carbons (Fsp3) is 0.105. The molecule has 0 bridgehead atoms. The van der Waals surface area contributed by atoms with Gasteiger partial charge in [0.1, 0.15) is 0 Å². The van der Waals surface area contributed by atoms with E-state index in [0.29, 0.717) is 11.3 Å². The van der Waals surface area contributed by atoms with Crippen LogP contribution in [0.4, 0.5) is 5.69 Å². The molecule has 2 aromatic rings. The van der Waals surface area contributed by atoms with Crippen molar-refractivity contribution in [2.24, 2.45) is 0 Å². The molecule has 24 heavy (non-hydrogen) atoms. The van der Waals surface area contributed by atoms with E-state index in [9.17, 15) is 9.59 Å². The molecule has 1 amide bonds. The number of amides is 1. The molecule has 0 fully saturated rings. The van der Waals surface area contributed by atoms with E-state index in [1.54, 1.807) is 36.4 Å². The number of carbonyl (C=O) groups is 2. The number of carbonyl (C=O) groups excluding carboxylic acids is 2. The van der Waals surface area contributed by atoms with Crippen molar-refractivity contribution >= 4 is 23.6 Å². The molecule has 0 radical (unpaired) electrons. The van der Waals surface area contributed by atoms with Gasteiger partial charge in [0.15, 0.2) is 6.61 Å². The molecule has 0 aliphatic heterocycles. The summed E-state index contributed by atoms with van der Waals surface area (Å²) in [5.74, 6) is -1.01. The van der Waals surface area contributed by atoms with E-state index in [2.05, 4.69) is 5.32 Å². The van der Waals surface area contributed by atoms with Crippen LogP contribution in [0.15, 0.2) is 54.6 Å². The Morgan fingerprint density at radius 1 is 1.21 bits per heavy atom. The summed E-state index contributed by atoms with van der Waals surface area (Å²) in [5, 5.41) is 11.4. The Bertz CT molecular complexity index is 802. The van der Waals surface area contributed by atoms with Gasteiger partial charge in [-0.2, -0.15) is 5.26 Å². The molecule has 0 aliphatic rings. The number of nitriles is 1. The van der Waals surface area contributed by atoms with Crippen LogP contribution in [0.2, 0.25) is 0 Å². The molecule has 0 aromatic heterocycles. The molecule has 0 saturated carbocycles. The molecule has 2 rings (SSSR count). The molecule has 0 aliphatic carbocycles. The molecule has 0 spiro atoms. The Labute approximate surface area is 140 Å². The zero-order valence-electron chi connectivity index (χ0n) is 13.2. The van der Waals surface area contributed by atoms with Gasteiger partial charge in [-0.25, -0.2) is 4.79 Å². The van der Waals surface area contributed by atoms with Gasteiger partial charge in [0, 0.05) is 11.8 Å². The van der Waals surface area contributed by atoms with Crippen LogP contribution in [0, 0.1) is 18.3 Å². The summed E-state index contributed by atoms with van der Waals surface area (Å²) in [5.41, 5.74) is 2.98. The van der Waals surface area contributed by atoms with Crippen LogP contribution in [0.1, 0.15) is 16.7 Å². The molecule has 0 unspecified atom stereocenters. The SMILES string of the molecule is Cc1cccc(NC(=O)COC(=O)/C=C/c2ccc(C#N)cc2)c1. The van der Waals surface area contributed by atoms with E-state index < -0.39 is 11.9 Å². The summed E-state index contributed by atoms with van der Waals surface area (Å²) in [7, 11) is 0. The molecule has 5 heteroatoms. The second-order valence-corrected chi connectivity index (χ2v) is 5.09. The summed E-state index contributed by atoms with van der Waals surface area (Å²) < 4.78 is 4.88. The van der Waals surface area contributed by atoms with Gasteiger partial charge in [-0.05, 0) is 48.4 Å². The molecule has 1 N–H and O–H groups in total. The average Bonchev–Trinajstić information content (AvgIpc) is 2.58. The maximum Gasteiger partial charge on any atom is 0.331 e. The monoisotopic (exact) mass is 320 g/mol. The van der Waals surface area contributed by atoms with E-state index >= 15 is 0 Å². The Morgan fingerprint density at radius 3 is 2.62 bits per heavy atom. The third kappa shape index (κ3) is 5.43. The zero-order chi connectivity index (χ0) is 17.4. The van der Waals surface area contributed by atoms with Gasteiger partial charge < -0.3 is 10.1 Å². The van der Waals surface area contributed by atoms with Gasteiger partial charge in [-0.15, -0.1) is 0 Å². The van der Waals surface area contributed by atoms with Crippen LogP contribution in [-0.4, -0.2) is 18.5 Å². The van der Waals surface area contributed by atoms with E-state index in [1.165, 1.54) is 6.08 Å². The van der Waals surface area contributed by atoms with Crippen molar-refractivity contribution in [3.8, 4) is 6.07 Å². The predicted molar refractivity (Wildman–Crippen MR) is 91.0 cm³/mol. The lowest BCUT2D eigenvalue weighted by Gasteiger charge is -2.06. The normalized spacial score (nSPS) is 10.2. The van der Waals surface area contributed by atoms with Crippen molar-refractivity contribution in [1.82, 2.24) is 0 Å². The number of ether oxygens (including phenoxy) is 1. The molecule has 0 saturated heterocycles. The lowest BCUT2D eigenvalue weighted by molar-refractivity contribution is -0.142. The summed E-state index contributed by atoms with van der Waals surface area (Å²) in [6, 6.07) is 16.1. The first-order valence-corrected chi connectivity index (χ1v) is 7.28. The smallest absolute Gasteiger partial charge is 0.331 e. The first kappa shape index (κ1) is 17.0. The van der Waals surface area contributed by atoms with Gasteiger partial charge in [0.25, 0.3) is 5.91 Å². The van der Waals surface area contributed by atoms with Gasteiger partial charge >= 0.3 is 5.97 Å². The molecule has 0 atom stereocenters. The number of nitrogens with one attached hydrogen (secondary N) is 1. The Balaban J connectivity index is 1.80. The van der Waals surface area contributed by atoms with Crippen molar-refractivity contribution < 1.29 is 14.3 Å². The van der Waals surface area contributed by atoms with Crippen molar-refractivity contribution in [2.45, 2.75) is 6.92 Å². The van der Waals surface area contributed by atoms with Crippen LogP contribution in [-0.2, 0) is 14.3 Å². The maximum absolute atomic E-state index is 11.7. The fourth-order valence-corrected chi connectivity index (χ4v) is 1.94. The van der Waals surface area contributed by atoms with Gasteiger partial charge in [-0.3, -0.25) is 4.79 Å². The second-order valence-electron chi connectivity index (χ2n) is 5.09. The summed E-state index contributed by atoms with van der Waals surface area (Å²) in [4.78, 5) is 23.3. The third-order valence-corrected chi connectivity index (χ3v) is 3.10. The lowest BCUT2D eigenvalue weighted by atomic mass is 10.1. The lowest BCUT2D eigenvalue weighted by Crippen LogP contribution is -2.20. The number of esters is 1. The zero-order valence-corrected chi connectivity index (χ0v) is 13.2.